The number of hydrogen-bond donors (Lipinski definition) is 2. The number of rotatable bonds is 6. The summed E-state index contributed by atoms with van der Waals surface area (Å²) in [7, 11) is 3.21. The quantitative estimate of drug-likeness (QED) is 0.535. The molecule has 152 valence electrons. The molecule has 0 amide bonds. The average molecular weight is 431 g/mol. The van der Waals surface area contributed by atoms with E-state index in [9.17, 15) is 0 Å². The number of aromatic nitrogens is 2. The van der Waals surface area contributed by atoms with Gasteiger partial charge in [0.15, 0.2) is 5.11 Å². The summed E-state index contributed by atoms with van der Waals surface area (Å²) in [4.78, 5) is 0. The van der Waals surface area contributed by atoms with Gasteiger partial charge in [-0.2, -0.15) is 5.10 Å². The van der Waals surface area contributed by atoms with E-state index >= 15 is 0 Å². The Hall–Kier alpha value is -2.77. The molecule has 0 saturated heterocycles. The molecule has 2 aromatic carbocycles. The highest BCUT2D eigenvalue weighted by Crippen LogP contribution is 2.27. The number of nitrogens with zero attached hydrogens (tertiary/aromatic N) is 2. The maximum atomic E-state index is 6.29. The summed E-state index contributed by atoms with van der Waals surface area (Å²) >= 11 is 11.8. The number of thiocarbonyl (C=S) groups is 1. The molecule has 29 heavy (non-hydrogen) atoms. The Bertz CT molecular complexity index is 1010. The predicted molar refractivity (Wildman–Crippen MR) is 122 cm³/mol. The SMILES string of the molecule is COc1cc(NC(=S)Nc2c(C)nn(Cc3ccccc3Cl)c2C)cc(OC)c1. The number of hydrogen-bond acceptors (Lipinski definition) is 4. The molecular weight excluding hydrogens is 408 g/mol. The van der Waals surface area contributed by atoms with Crippen molar-refractivity contribution in [3.63, 3.8) is 0 Å². The van der Waals surface area contributed by atoms with E-state index in [1.54, 1.807) is 20.3 Å². The van der Waals surface area contributed by atoms with Gasteiger partial charge in [-0.15, -0.1) is 0 Å². The fraction of sp³-hybridized carbons (Fsp3) is 0.238. The predicted octanol–water partition coefficient (Wildman–Crippen LogP) is 5.03. The fourth-order valence-electron chi connectivity index (χ4n) is 2.98. The summed E-state index contributed by atoms with van der Waals surface area (Å²) < 4.78 is 12.5. The second-order valence-electron chi connectivity index (χ2n) is 6.48. The molecule has 2 N–H and O–H groups in total. The van der Waals surface area contributed by atoms with Crippen LogP contribution in [-0.2, 0) is 6.54 Å². The van der Waals surface area contributed by atoms with Crippen molar-refractivity contribution in [1.82, 2.24) is 9.78 Å². The van der Waals surface area contributed by atoms with Crippen LogP contribution < -0.4 is 20.1 Å². The van der Waals surface area contributed by atoms with Gasteiger partial charge in [0.05, 0.1) is 37.8 Å². The Kier molecular flexibility index (Phi) is 6.61. The molecule has 0 aliphatic heterocycles. The number of methoxy groups -OCH3 is 2. The molecule has 0 spiro atoms. The lowest BCUT2D eigenvalue weighted by Crippen LogP contribution is -2.20. The minimum absolute atomic E-state index is 0.448. The molecule has 0 radical (unpaired) electrons. The Morgan fingerprint density at radius 1 is 1.07 bits per heavy atom. The van der Waals surface area contributed by atoms with Gasteiger partial charge >= 0.3 is 0 Å². The van der Waals surface area contributed by atoms with E-state index in [1.807, 2.05) is 54.9 Å². The van der Waals surface area contributed by atoms with Crippen molar-refractivity contribution in [1.29, 1.82) is 0 Å². The molecule has 0 unspecified atom stereocenters. The van der Waals surface area contributed by atoms with Crippen LogP contribution in [0.2, 0.25) is 5.02 Å². The van der Waals surface area contributed by atoms with E-state index in [4.69, 9.17) is 33.3 Å². The summed E-state index contributed by atoms with van der Waals surface area (Å²) in [6.07, 6.45) is 0. The maximum Gasteiger partial charge on any atom is 0.175 e. The number of aryl methyl sites for hydroxylation is 1. The number of benzene rings is 2. The number of anilines is 2. The molecule has 1 aromatic heterocycles. The summed E-state index contributed by atoms with van der Waals surface area (Å²) in [6, 6.07) is 13.2. The van der Waals surface area contributed by atoms with Crippen LogP contribution in [0.5, 0.6) is 11.5 Å². The van der Waals surface area contributed by atoms with Crippen molar-refractivity contribution in [2.75, 3.05) is 24.9 Å². The zero-order valence-corrected chi connectivity index (χ0v) is 18.3. The van der Waals surface area contributed by atoms with Crippen molar-refractivity contribution in [3.05, 3.63) is 64.4 Å². The molecule has 0 aliphatic carbocycles. The molecule has 0 saturated carbocycles. The minimum Gasteiger partial charge on any atom is -0.497 e. The highest BCUT2D eigenvalue weighted by molar-refractivity contribution is 7.80. The Morgan fingerprint density at radius 2 is 1.72 bits per heavy atom. The van der Waals surface area contributed by atoms with Gasteiger partial charge in [0.25, 0.3) is 0 Å². The largest absolute Gasteiger partial charge is 0.497 e. The van der Waals surface area contributed by atoms with Gasteiger partial charge < -0.3 is 20.1 Å². The Balaban J connectivity index is 1.76. The topological polar surface area (TPSA) is 60.3 Å². The molecule has 0 aliphatic rings. The summed E-state index contributed by atoms with van der Waals surface area (Å²) in [5.74, 6) is 1.35. The van der Waals surface area contributed by atoms with Crippen LogP contribution in [0.25, 0.3) is 0 Å². The third-order valence-electron chi connectivity index (χ3n) is 4.51. The first-order valence-corrected chi connectivity index (χ1v) is 9.78. The van der Waals surface area contributed by atoms with Crippen LogP contribution in [0.15, 0.2) is 42.5 Å². The first kappa shape index (κ1) is 21.0. The summed E-state index contributed by atoms with van der Waals surface area (Å²) in [5.41, 5.74) is 4.45. The lowest BCUT2D eigenvalue weighted by atomic mass is 10.2. The molecular formula is C21H23ClN4O2S. The summed E-state index contributed by atoms with van der Waals surface area (Å²) in [5, 5.41) is 12.2. The van der Waals surface area contributed by atoms with Gasteiger partial charge in [0.2, 0.25) is 0 Å². The molecule has 3 rings (SSSR count). The minimum atomic E-state index is 0.448. The summed E-state index contributed by atoms with van der Waals surface area (Å²) in [6.45, 7) is 4.52. The van der Waals surface area contributed by atoms with Crippen LogP contribution >= 0.6 is 23.8 Å². The van der Waals surface area contributed by atoms with Gasteiger partial charge in [0.1, 0.15) is 11.5 Å². The van der Waals surface area contributed by atoms with Gasteiger partial charge in [-0.25, -0.2) is 0 Å². The lowest BCUT2D eigenvalue weighted by Gasteiger charge is -2.13. The molecule has 0 atom stereocenters. The van der Waals surface area contributed by atoms with Crippen molar-refractivity contribution < 1.29 is 9.47 Å². The standard InChI is InChI=1S/C21H23ClN4O2S/c1-13-20(14(2)26(25-13)12-15-7-5-6-8-19(15)22)24-21(29)23-16-9-17(27-3)11-18(10-16)28-4/h5-11H,12H2,1-4H3,(H2,23,24,29). The van der Waals surface area contributed by atoms with Crippen LogP contribution in [0.3, 0.4) is 0 Å². The smallest absolute Gasteiger partial charge is 0.175 e. The van der Waals surface area contributed by atoms with Crippen LogP contribution in [-0.4, -0.2) is 29.1 Å². The second-order valence-corrected chi connectivity index (χ2v) is 7.29. The van der Waals surface area contributed by atoms with Crippen molar-refractivity contribution in [2.45, 2.75) is 20.4 Å². The highest BCUT2D eigenvalue weighted by Gasteiger charge is 2.14. The molecule has 8 heteroatoms. The van der Waals surface area contributed by atoms with Crippen LogP contribution in [0.1, 0.15) is 17.0 Å². The highest BCUT2D eigenvalue weighted by atomic mass is 35.5. The van der Waals surface area contributed by atoms with Gasteiger partial charge in [-0.1, -0.05) is 29.8 Å². The lowest BCUT2D eigenvalue weighted by molar-refractivity contribution is 0.395. The molecule has 6 nitrogen and oxygen atoms in total. The van der Waals surface area contributed by atoms with E-state index < -0.39 is 0 Å². The van der Waals surface area contributed by atoms with Gasteiger partial charge in [-0.3, -0.25) is 4.68 Å². The van der Waals surface area contributed by atoms with E-state index in [1.165, 1.54) is 0 Å². The molecule has 1 heterocycles. The molecule has 3 aromatic rings. The van der Waals surface area contributed by atoms with Crippen molar-refractivity contribution >= 4 is 40.3 Å². The molecule has 0 bridgehead atoms. The maximum absolute atomic E-state index is 6.29. The van der Waals surface area contributed by atoms with Gasteiger partial charge in [0, 0.05) is 28.9 Å². The van der Waals surface area contributed by atoms with Crippen molar-refractivity contribution in [3.8, 4) is 11.5 Å². The van der Waals surface area contributed by atoms with E-state index in [-0.39, 0.29) is 0 Å². The zero-order chi connectivity index (χ0) is 21.0. The first-order valence-electron chi connectivity index (χ1n) is 8.99. The second kappa shape index (κ2) is 9.15. The third-order valence-corrected chi connectivity index (χ3v) is 5.08. The average Bonchev–Trinajstić information content (AvgIpc) is 2.96. The zero-order valence-electron chi connectivity index (χ0n) is 16.7. The van der Waals surface area contributed by atoms with Crippen LogP contribution in [0.4, 0.5) is 11.4 Å². The number of nitrogens with one attached hydrogen (secondary N) is 2. The van der Waals surface area contributed by atoms with Crippen LogP contribution in [0, 0.1) is 13.8 Å². The number of ether oxygens (including phenoxy) is 2. The van der Waals surface area contributed by atoms with E-state index in [2.05, 4.69) is 15.7 Å². The first-order chi connectivity index (χ1) is 13.9. The van der Waals surface area contributed by atoms with Gasteiger partial charge in [-0.05, 0) is 37.7 Å². The molecule has 0 fully saturated rings. The third kappa shape index (κ3) is 4.99. The Morgan fingerprint density at radius 3 is 2.34 bits per heavy atom. The van der Waals surface area contributed by atoms with E-state index in [0.717, 1.165) is 33.3 Å². The van der Waals surface area contributed by atoms with E-state index in [0.29, 0.717) is 23.2 Å². The number of halogens is 1. The Labute approximate surface area is 180 Å². The monoisotopic (exact) mass is 430 g/mol. The normalized spacial score (nSPS) is 10.5. The fourth-order valence-corrected chi connectivity index (χ4v) is 3.39. The van der Waals surface area contributed by atoms with Crippen molar-refractivity contribution in [2.24, 2.45) is 0 Å².